The number of hydrogen-bond acceptors (Lipinski definition) is 4. The molecule has 20 heavy (non-hydrogen) atoms. The van der Waals surface area contributed by atoms with E-state index in [1.54, 1.807) is 4.31 Å². The van der Waals surface area contributed by atoms with Crippen LogP contribution in [0.3, 0.4) is 0 Å². The lowest BCUT2D eigenvalue weighted by Gasteiger charge is -2.25. The molecule has 0 unspecified atom stereocenters. The Balaban J connectivity index is 2.04. The van der Waals surface area contributed by atoms with Gasteiger partial charge in [0, 0.05) is 31.1 Å². The van der Waals surface area contributed by atoms with Gasteiger partial charge in [0.1, 0.15) is 0 Å². The third kappa shape index (κ3) is 4.48. The van der Waals surface area contributed by atoms with E-state index in [-0.39, 0.29) is 5.75 Å². The zero-order valence-corrected chi connectivity index (χ0v) is 13.5. The van der Waals surface area contributed by atoms with Crippen molar-refractivity contribution in [1.82, 2.24) is 9.62 Å². The van der Waals surface area contributed by atoms with Crippen LogP contribution in [0.2, 0.25) is 0 Å². The summed E-state index contributed by atoms with van der Waals surface area (Å²) in [5.41, 5.74) is 2.01. The van der Waals surface area contributed by atoms with Crippen LogP contribution in [-0.4, -0.2) is 43.9 Å². The van der Waals surface area contributed by atoms with Gasteiger partial charge in [-0.05, 0) is 17.7 Å². The zero-order chi connectivity index (χ0) is 14.4. The van der Waals surface area contributed by atoms with Gasteiger partial charge >= 0.3 is 0 Å². The first-order valence-corrected chi connectivity index (χ1v) is 9.72. The van der Waals surface area contributed by atoms with Crippen LogP contribution in [0.5, 0.6) is 0 Å². The molecule has 4 nitrogen and oxygen atoms in total. The Morgan fingerprint density at radius 2 is 1.95 bits per heavy atom. The van der Waals surface area contributed by atoms with Crippen molar-refractivity contribution in [2.45, 2.75) is 19.2 Å². The predicted octanol–water partition coefficient (Wildman–Crippen LogP) is 1.67. The molecule has 1 aliphatic heterocycles. The van der Waals surface area contributed by atoms with Crippen molar-refractivity contribution < 1.29 is 8.42 Å². The molecule has 0 spiro atoms. The second-order valence-electron chi connectivity index (χ2n) is 4.87. The zero-order valence-electron chi connectivity index (χ0n) is 11.8. The molecule has 0 amide bonds. The van der Waals surface area contributed by atoms with Crippen molar-refractivity contribution >= 4 is 21.8 Å². The molecule has 0 bridgehead atoms. The molecule has 1 aromatic rings. The Hall–Kier alpha value is -0.560. The normalized spacial score (nSPS) is 17.2. The molecule has 0 atom stereocenters. The van der Waals surface area contributed by atoms with Crippen LogP contribution in [-0.2, 0) is 22.3 Å². The molecule has 1 saturated heterocycles. The summed E-state index contributed by atoms with van der Waals surface area (Å²) >= 11 is 1.82. The average molecular weight is 314 g/mol. The number of thioether (sulfide) groups is 1. The largest absolute Gasteiger partial charge is 0.313 e. The van der Waals surface area contributed by atoms with E-state index in [2.05, 4.69) is 12.2 Å². The maximum Gasteiger partial charge on any atom is 0.218 e. The summed E-state index contributed by atoms with van der Waals surface area (Å²) in [6, 6.07) is 7.84. The highest BCUT2D eigenvalue weighted by Crippen LogP contribution is 2.17. The Morgan fingerprint density at radius 3 is 2.65 bits per heavy atom. The van der Waals surface area contributed by atoms with Crippen molar-refractivity contribution in [2.75, 3.05) is 31.1 Å². The first kappa shape index (κ1) is 15.8. The average Bonchev–Trinajstić information content (AvgIpc) is 2.46. The molecule has 0 aliphatic carbocycles. The van der Waals surface area contributed by atoms with Gasteiger partial charge in [-0.2, -0.15) is 16.1 Å². The minimum absolute atomic E-state index is 0.109. The van der Waals surface area contributed by atoms with Crippen LogP contribution >= 0.6 is 11.8 Å². The van der Waals surface area contributed by atoms with Crippen molar-refractivity contribution in [2.24, 2.45) is 0 Å². The number of nitrogens with zero attached hydrogens (tertiary/aromatic N) is 1. The number of hydrogen-bond donors (Lipinski definition) is 1. The highest BCUT2D eigenvalue weighted by Gasteiger charge is 2.24. The third-order valence-electron chi connectivity index (χ3n) is 3.28. The van der Waals surface area contributed by atoms with Crippen molar-refractivity contribution in [1.29, 1.82) is 0 Å². The molecule has 1 heterocycles. The first-order valence-electron chi connectivity index (χ1n) is 6.96. The van der Waals surface area contributed by atoms with Crippen molar-refractivity contribution in [3.05, 3.63) is 35.4 Å². The van der Waals surface area contributed by atoms with Crippen molar-refractivity contribution in [3.8, 4) is 0 Å². The standard InChI is InChI=1S/C14H22N2O2S2/c1-2-15-11-13-4-3-5-14(10-13)12-20(17,18)16-6-8-19-9-7-16/h3-5,10,15H,2,6-9,11-12H2,1H3. The van der Waals surface area contributed by atoms with E-state index in [1.807, 2.05) is 36.0 Å². The molecule has 0 radical (unpaired) electrons. The summed E-state index contributed by atoms with van der Waals surface area (Å²) in [5.74, 6) is 1.91. The maximum absolute atomic E-state index is 12.4. The van der Waals surface area contributed by atoms with E-state index in [4.69, 9.17) is 0 Å². The molecule has 2 rings (SSSR count). The minimum Gasteiger partial charge on any atom is -0.313 e. The van der Waals surface area contributed by atoms with Gasteiger partial charge in [0.2, 0.25) is 10.0 Å². The van der Waals surface area contributed by atoms with Gasteiger partial charge < -0.3 is 5.32 Å². The van der Waals surface area contributed by atoms with Gasteiger partial charge in [-0.1, -0.05) is 31.2 Å². The fourth-order valence-corrected chi connectivity index (χ4v) is 4.88. The van der Waals surface area contributed by atoms with E-state index < -0.39 is 10.0 Å². The monoisotopic (exact) mass is 314 g/mol. The SMILES string of the molecule is CCNCc1cccc(CS(=O)(=O)N2CCSCC2)c1. The molecule has 112 valence electrons. The molecule has 1 aliphatic rings. The number of sulfonamides is 1. The Bertz CT molecular complexity index is 526. The molecule has 1 fully saturated rings. The van der Waals surface area contributed by atoms with Crippen LogP contribution in [0.4, 0.5) is 0 Å². The molecular weight excluding hydrogens is 292 g/mol. The smallest absolute Gasteiger partial charge is 0.218 e. The molecule has 0 saturated carbocycles. The van der Waals surface area contributed by atoms with Gasteiger partial charge in [0.15, 0.2) is 0 Å². The predicted molar refractivity (Wildman–Crippen MR) is 85.3 cm³/mol. The number of benzene rings is 1. The van der Waals surface area contributed by atoms with E-state index >= 15 is 0 Å². The lowest BCUT2D eigenvalue weighted by molar-refractivity contribution is 0.443. The molecule has 1 N–H and O–H groups in total. The molecule has 6 heteroatoms. The van der Waals surface area contributed by atoms with E-state index in [1.165, 1.54) is 0 Å². The third-order valence-corrected chi connectivity index (χ3v) is 6.08. The number of nitrogens with one attached hydrogen (secondary N) is 1. The van der Waals surface area contributed by atoms with Crippen LogP contribution in [0.25, 0.3) is 0 Å². The van der Waals surface area contributed by atoms with Crippen LogP contribution < -0.4 is 5.32 Å². The number of rotatable bonds is 6. The van der Waals surface area contributed by atoms with Gasteiger partial charge in [-0.25, -0.2) is 8.42 Å². The highest BCUT2D eigenvalue weighted by atomic mass is 32.2. The van der Waals surface area contributed by atoms with E-state index in [0.29, 0.717) is 13.1 Å². The summed E-state index contributed by atoms with van der Waals surface area (Å²) in [6.45, 7) is 5.04. The minimum atomic E-state index is -3.17. The summed E-state index contributed by atoms with van der Waals surface area (Å²) in [4.78, 5) is 0. The quantitative estimate of drug-likeness (QED) is 0.868. The summed E-state index contributed by atoms with van der Waals surface area (Å²) in [6.07, 6.45) is 0. The second kappa shape index (κ2) is 7.45. The van der Waals surface area contributed by atoms with Crippen LogP contribution in [0, 0.1) is 0 Å². The van der Waals surface area contributed by atoms with Gasteiger partial charge in [0.05, 0.1) is 5.75 Å². The lowest BCUT2D eigenvalue weighted by Crippen LogP contribution is -2.38. The van der Waals surface area contributed by atoms with Gasteiger partial charge in [0.25, 0.3) is 0 Å². The Morgan fingerprint density at radius 1 is 1.25 bits per heavy atom. The van der Waals surface area contributed by atoms with E-state index in [0.717, 1.165) is 35.7 Å². The lowest BCUT2D eigenvalue weighted by atomic mass is 10.1. The molecule has 1 aromatic carbocycles. The topological polar surface area (TPSA) is 49.4 Å². The second-order valence-corrected chi connectivity index (χ2v) is 8.06. The molecular formula is C14H22N2O2S2. The summed E-state index contributed by atoms with van der Waals surface area (Å²) < 4.78 is 26.4. The van der Waals surface area contributed by atoms with Crippen LogP contribution in [0.15, 0.2) is 24.3 Å². The maximum atomic E-state index is 12.4. The summed E-state index contributed by atoms with van der Waals surface area (Å²) in [7, 11) is -3.17. The van der Waals surface area contributed by atoms with Gasteiger partial charge in [-0.15, -0.1) is 0 Å². The fourth-order valence-electron chi connectivity index (χ4n) is 2.23. The summed E-state index contributed by atoms with van der Waals surface area (Å²) in [5, 5.41) is 3.26. The first-order chi connectivity index (χ1) is 9.62. The highest BCUT2D eigenvalue weighted by molar-refractivity contribution is 7.99. The molecule has 0 aromatic heterocycles. The van der Waals surface area contributed by atoms with E-state index in [9.17, 15) is 8.42 Å². The Kier molecular flexibility index (Phi) is 5.89. The van der Waals surface area contributed by atoms with Crippen LogP contribution in [0.1, 0.15) is 18.1 Å². The van der Waals surface area contributed by atoms with Crippen molar-refractivity contribution in [3.63, 3.8) is 0 Å². The Labute approximate surface area is 126 Å². The van der Waals surface area contributed by atoms with Gasteiger partial charge in [-0.3, -0.25) is 0 Å². The fraction of sp³-hybridized carbons (Fsp3) is 0.571.